The molecule has 2 rings (SSSR count). The summed E-state index contributed by atoms with van der Waals surface area (Å²) in [6.45, 7) is 3.45. The minimum absolute atomic E-state index is 0.100. The molecule has 0 bridgehead atoms. The fourth-order valence-corrected chi connectivity index (χ4v) is 3.12. The van der Waals surface area contributed by atoms with Gasteiger partial charge in [0.2, 0.25) is 0 Å². The molecule has 0 aliphatic carbocycles. The lowest BCUT2D eigenvalue weighted by Gasteiger charge is -2.33. The number of hydrogen-bond donors (Lipinski definition) is 1. The summed E-state index contributed by atoms with van der Waals surface area (Å²) in [4.78, 5) is 13.0. The van der Waals surface area contributed by atoms with E-state index in [0.29, 0.717) is 6.54 Å². The third kappa shape index (κ3) is 3.47. The SMILES string of the molecule is Cc1cc(CN2CCSCC2CC(=O)O)no1. The van der Waals surface area contributed by atoms with E-state index in [2.05, 4.69) is 10.1 Å². The molecule has 1 N–H and O–H groups in total. The maximum absolute atomic E-state index is 10.8. The van der Waals surface area contributed by atoms with Gasteiger partial charge in [0.1, 0.15) is 5.76 Å². The van der Waals surface area contributed by atoms with Crippen LogP contribution in [0.15, 0.2) is 10.6 Å². The van der Waals surface area contributed by atoms with Crippen molar-refractivity contribution in [3.8, 4) is 0 Å². The Morgan fingerprint density at radius 2 is 2.59 bits per heavy atom. The van der Waals surface area contributed by atoms with E-state index in [0.717, 1.165) is 29.5 Å². The van der Waals surface area contributed by atoms with Crippen LogP contribution >= 0.6 is 11.8 Å². The minimum Gasteiger partial charge on any atom is -0.481 e. The van der Waals surface area contributed by atoms with Crippen molar-refractivity contribution in [3.05, 3.63) is 17.5 Å². The van der Waals surface area contributed by atoms with Crippen molar-refractivity contribution in [2.75, 3.05) is 18.1 Å². The zero-order chi connectivity index (χ0) is 12.3. The molecule has 1 unspecified atom stereocenters. The molecule has 1 aliphatic heterocycles. The predicted octanol–water partition coefficient (Wildman–Crippen LogP) is 1.38. The van der Waals surface area contributed by atoms with Crippen LogP contribution in [-0.4, -0.2) is 45.2 Å². The zero-order valence-electron chi connectivity index (χ0n) is 9.76. The molecule has 0 aromatic carbocycles. The van der Waals surface area contributed by atoms with Crippen LogP contribution in [0.25, 0.3) is 0 Å². The van der Waals surface area contributed by atoms with Crippen molar-refractivity contribution in [3.63, 3.8) is 0 Å². The molecule has 17 heavy (non-hydrogen) atoms. The predicted molar refractivity (Wildman–Crippen MR) is 65.0 cm³/mol. The minimum atomic E-state index is -0.737. The fraction of sp³-hybridized carbons (Fsp3) is 0.636. The molecule has 1 fully saturated rings. The fourth-order valence-electron chi connectivity index (χ4n) is 1.99. The van der Waals surface area contributed by atoms with Gasteiger partial charge in [0.25, 0.3) is 0 Å². The Labute approximate surface area is 104 Å². The van der Waals surface area contributed by atoms with E-state index < -0.39 is 5.97 Å². The summed E-state index contributed by atoms with van der Waals surface area (Å²) < 4.78 is 5.02. The second-order valence-corrected chi connectivity index (χ2v) is 5.38. The third-order valence-electron chi connectivity index (χ3n) is 2.80. The Morgan fingerprint density at radius 1 is 1.76 bits per heavy atom. The summed E-state index contributed by atoms with van der Waals surface area (Å²) in [5.41, 5.74) is 0.879. The van der Waals surface area contributed by atoms with E-state index >= 15 is 0 Å². The van der Waals surface area contributed by atoms with Gasteiger partial charge in [0.15, 0.2) is 0 Å². The average Bonchev–Trinajstić information content (AvgIpc) is 2.66. The highest BCUT2D eigenvalue weighted by atomic mass is 32.2. The molecule has 0 spiro atoms. The van der Waals surface area contributed by atoms with Crippen molar-refractivity contribution in [1.82, 2.24) is 10.1 Å². The molecule has 1 saturated heterocycles. The lowest BCUT2D eigenvalue weighted by Crippen LogP contribution is -2.43. The van der Waals surface area contributed by atoms with Gasteiger partial charge in [-0.3, -0.25) is 9.69 Å². The first-order chi connectivity index (χ1) is 8.15. The van der Waals surface area contributed by atoms with Crippen LogP contribution in [-0.2, 0) is 11.3 Å². The summed E-state index contributed by atoms with van der Waals surface area (Å²) in [6, 6.07) is 2.00. The normalized spacial score (nSPS) is 21.6. The Morgan fingerprint density at radius 3 is 3.24 bits per heavy atom. The number of carbonyl (C=O) groups is 1. The highest BCUT2D eigenvalue weighted by Gasteiger charge is 2.25. The topological polar surface area (TPSA) is 66.6 Å². The molecule has 6 heteroatoms. The van der Waals surface area contributed by atoms with Crippen molar-refractivity contribution in [2.45, 2.75) is 25.9 Å². The number of aliphatic carboxylic acids is 1. The summed E-state index contributed by atoms with van der Waals surface area (Å²) in [7, 11) is 0. The first kappa shape index (κ1) is 12.4. The smallest absolute Gasteiger partial charge is 0.304 e. The summed E-state index contributed by atoms with van der Waals surface area (Å²) in [5.74, 6) is 1.98. The Hall–Kier alpha value is -1.01. The van der Waals surface area contributed by atoms with E-state index in [1.54, 1.807) is 0 Å². The van der Waals surface area contributed by atoms with E-state index in [1.165, 1.54) is 0 Å². The number of carboxylic acid groups (broad SMARTS) is 1. The molecule has 1 aromatic heterocycles. The van der Waals surface area contributed by atoms with Gasteiger partial charge in [-0.2, -0.15) is 11.8 Å². The first-order valence-corrected chi connectivity index (χ1v) is 6.76. The Kier molecular flexibility index (Phi) is 4.06. The van der Waals surface area contributed by atoms with Gasteiger partial charge in [-0.1, -0.05) is 5.16 Å². The van der Waals surface area contributed by atoms with Crippen LogP contribution in [0.5, 0.6) is 0 Å². The highest BCUT2D eigenvalue weighted by Crippen LogP contribution is 2.21. The van der Waals surface area contributed by atoms with Gasteiger partial charge in [0, 0.05) is 36.7 Å². The molecular weight excluding hydrogens is 240 g/mol. The monoisotopic (exact) mass is 256 g/mol. The van der Waals surface area contributed by atoms with Gasteiger partial charge < -0.3 is 9.63 Å². The largest absolute Gasteiger partial charge is 0.481 e. The second kappa shape index (κ2) is 5.55. The number of aryl methyl sites for hydroxylation is 1. The quantitative estimate of drug-likeness (QED) is 0.877. The van der Waals surface area contributed by atoms with E-state index in [4.69, 9.17) is 9.63 Å². The molecule has 2 heterocycles. The standard InChI is InChI=1S/C11H16N2O3S/c1-8-4-9(12-16-8)6-13-2-3-17-7-10(13)5-11(14)15/h4,10H,2-3,5-7H2,1H3,(H,14,15). The summed E-state index contributed by atoms with van der Waals surface area (Å²) in [5, 5.41) is 12.8. The molecule has 1 atom stereocenters. The van der Waals surface area contributed by atoms with Crippen LogP contribution in [0.4, 0.5) is 0 Å². The third-order valence-corrected chi connectivity index (χ3v) is 3.89. The Balaban J connectivity index is 1.98. The lowest BCUT2D eigenvalue weighted by atomic mass is 10.2. The van der Waals surface area contributed by atoms with Crippen LogP contribution in [0.2, 0.25) is 0 Å². The van der Waals surface area contributed by atoms with Crippen LogP contribution in [0, 0.1) is 6.92 Å². The molecule has 0 saturated carbocycles. The molecule has 1 aliphatic rings. The number of aromatic nitrogens is 1. The van der Waals surface area contributed by atoms with Crippen molar-refractivity contribution < 1.29 is 14.4 Å². The number of nitrogens with zero attached hydrogens (tertiary/aromatic N) is 2. The molecule has 0 radical (unpaired) electrons. The second-order valence-electron chi connectivity index (χ2n) is 4.23. The van der Waals surface area contributed by atoms with Crippen molar-refractivity contribution in [2.24, 2.45) is 0 Å². The van der Waals surface area contributed by atoms with E-state index in [9.17, 15) is 4.79 Å². The molecule has 94 valence electrons. The number of carboxylic acids is 1. The van der Waals surface area contributed by atoms with Gasteiger partial charge >= 0.3 is 5.97 Å². The Bertz CT molecular complexity index is 394. The lowest BCUT2D eigenvalue weighted by molar-refractivity contribution is -0.138. The van der Waals surface area contributed by atoms with Gasteiger partial charge in [0.05, 0.1) is 12.1 Å². The molecular formula is C11H16N2O3S. The average molecular weight is 256 g/mol. The van der Waals surface area contributed by atoms with E-state index in [-0.39, 0.29) is 12.5 Å². The highest BCUT2D eigenvalue weighted by molar-refractivity contribution is 7.99. The number of thioether (sulfide) groups is 1. The van der Waals surface area contributed by atoms with Crippen molar-refractivity contribution in [1.29, 1.82) is 0 Å². The van der Waals surface area contributed by atoms with Gasteiger partial charge in [-0.15, -0.1) is 0 Å². The molecule has 0 amide bonds. The van der Waals surface area contributed by atoms with Crippen molar-refractivity contribution >= 4 is 17.7 Å². The maximum atomic E-state index is 10.8. The van der Waals surface area contributed by atoms with Gasteiger partial charge in [-0.25, -0.2) is 0 Å². The number of rotatable bonds is 4. The molecule has 5 nitrogen and oxygen atoms in total. The van der Waals surface area contributed by atoms with Gasteiger partial charge in [-0.05, 0) is 6.92 Å². The summed E-state index contributed by atoms with van der Waals surface area (Å²) >= 11 is 1.82. The van der Waals surface area contributed by atoms with Crippen LogP contribution in [0.3, 0.4) is 0 Å². The first-order valence-electron chi connectivity index (χ1n) is 5.61. The summed E-state index contributed by atoms with van der Waals surface area (Å²) in [6.07, 6.45) is 0.198. The number of hydrogen-bond acceptors (Lipinski definition) is 5. The maximum Gasteiger partial charge on any atom is 0.304 e. The zero-order valence-corrected chi connectivity index (χ0v) is 10.6. The molecule has 1 aromatic rings. The van der Waals surface area contributed by atoms with Crippen LogP contribution in [0.1, 0.15) is 17.9 Å². The van der Waals surface area contributed by atoms with E-state index in [1.807, 2.05) is 24.8 Å². The van der Waals surface area contributed by atoms with Crippen LogP contribution < -0.4 is 0 Å².